The van der Waals surface area contributed by atoms with Crippen LogP contribution < -0.4 is 0 Å². The summed E-state index contributed by atoms with van der Waals surface area (Å²) in [5, 5.41) is 10.7. The van der Waals surface area contributed by atoms with E-state index in [0.29, 0.717) is 0 Å². The van der Waals surface area contributed by atoms with Gasteiger partial charge in [0, 0.05) is 22.4 Å². The van der Waals surface area contributed by atoms with Crippen molar-refractivity contribution in [2.24, 2.45) is 0 Å². The predicted molar refractivity (Wildman–Crippen MR) is 70.4 cm³/mol. The predicted octanol–water partition coefficient (Wildman–Crippen LogP) is 3.68. The van der Waals surface area contributed by atoms with Gasteiger partial charge in [-0.05, 0) is 12.1 Å². The molecule has 0 radical (unpaired) electrons. The number of carboxylic acids is 1. The van der Waals surface area contributed by atoms with E-state index in [1.165, 1.54) is 0 Å². The fourth-order valence-electron chi connectivity index (χ4n) is 2.06. The van der Waals surface area contributed by atoms with Crippen LogP contribution in [0.1, 0.15) is 5.56 Å². The Kier molecular flexibility index (Phi) is 2.38. The summed E-state index contributed by atoms with van der Waals surface area (Å²) in [6.45, 7) is 0. The lowest BCUT2D eigenvalue weighted by Crippen LogP contribution is -1.85. The summed E-state index contributed by atoms with van der Waals surface area (Å²) in [6, 6.07) is 13.5. The number of fused-ring (bicyclic) bond motifs is 3. The van der Waals surface area contributed by atoms with Crippen molar-refractivity contribution in [1.29, 1.82) is 0 Å². The average Bonchev–Trinajstić information content (AvgIpc) is 2.75. The standard InChI is InChI=1S/C15H10O3/c16-14(17)9-8-10-4-3-6-12-11-5-1-2-7-13(11)18-15(10)12/h1-9H,(H,16,17). The summed E-state index contributed by atoms with van der Waals surface area (Å²) in [5.41, 5.74) is 2.30. The minimum Gasteiger partial charge on any atom is -0.478 e. The molecule has 3 rings (SSSR count). The second-order valence-electron chi connectivity index (χ2n) is 3.99. The molecule has 0 saturated carbocycles. The van der Waals surface area contributed by atoms with Gasteiger partial charge in [-0.2, -0.15) is 0 Å². The van der Waals surface area contributed by atoms with Gasteiger partial charge in [0.2, 0.25) is 0 Å². The molecule has 0 aliphatic carbocycles. The number of para-hydroxylation sites is 2. The number of carboxylic acid groups (broad SMARTS) is 1. The molecule has 0 aliphatic heterocycles. The Morgan fingerprint density at radius 3 is 2.67 bits per heavy atom. The van der Waals surface area contributed by atoms with Gasteiger partial charge in [0.15, 0.2) is 0 Å². The first kappa shape index (κ1) is 10.6. The van der Waals surface area contributed by atoms with E-state index in [1.807, 2.05) is 42.5 Å². The zero-order chi connectivity index (χ0) is 12.5. The quantitative estimate of drug-likeness (QED) is 0.693. The van der Waals surface area contributed by atoms with Crippen molar-refractivity contribution in [3.05, 3.63) is 54.1 Å². The van der Waals surface area contributed by atoms with Crippen LogP contribution in [0.2, 0.25) is 0 Å². The Labute approximate surface area is 103 Å². The van der Waals surface area contributed by atoms with Gasteiger partial charge in [0.05, 0.1) is 0 Å². The highest BCUT2D eigenvalue weighted by atomic mass is 16.4. The van der Waals surface area contributed by atoms with E-state index < -0.39 is 5.97 Å². The van der Waals surface area contributed by atoms with E-state index in [-0.39, 0.29) is 0 Å². The van der Waals surface area contributed by atoms with Gasteiger partial charge < -0.3 is 9.52 Å². The van der Waals surface area contributed by atoms with E-state index in [1.54, 1.807) is 6.08 Å². The maximum Gasteiger partial charge on any atom is 0.328 e. The molecule has 1 aromatic heterocycles. The number of benzene rings is 2. The zero-order valence-electron chi connectivity index (χ0n) is 9.46. The van der Waals surface area contributed by atoms with Crippen molar-refractivity contribution >= 4 is 34.0 Å². The summed E-state index contributed by atoms with van der Waals surface area (Å²) in [6.07, 6.45) is 2.66. The summed E-state index contributed by atoms with van der Waals surface area (Å²) in [5.74, 6) is -0.969. The first-order valence-electron chi connectivity index (χ1n) is 5.57. The molecule has 2 aromatic carbocycles. The Morgan fingerprint density at radius 2 is 1.83 bits per heavy atom. The lowest BCUT2D eigenvalue weighted by molar-refractivity contribution is -0.131. The highest BCUT2D eigenvalue weighted by molar-refractivity contribution is 6.07. The van der Waals surface area contributed by atoms with Gasteiger partial charge in [-0.15, -0.1) is 0 Å². The lowest BCUT2D eigenvalue weighted by Gasteiger charge is -1.94. The Bertz CT molecular complexity index is 766. The first-order chi connectivity index (χ1) is 8.75. The monoisotopic (exact) mass is 238 g/mol. The number of rotatable bonds is 2. The third kappa shape index (κ3) is 1.66. The lowest BCUT2D eigenvalue weighted by atomic mass is 10.1. The topological polar surface area (TPSA) is 50.4 Å². The summed E-state index contributed by atoms with van der Waals surface area (Å²) < 4.78 is 5.77. The van der Waals surface area contributed by atoms with E-state index in [0.717, 1.165) is 33.6 Å². The minimum absolute atomic E-state index is 0.719. The third-order valence-corrected chi connectivity index (χ3v) is 2.84. The molecule has 0 amide bonds. The summed E-state index contributed by atoms with van der Waals surface area (Å²) in [7, 11) is 0. The average molecular weight is 238 g/mol. The molecule has 0 unspecified atom stereocenters. The molecule has 3 nitrogen and oxygen atoms in total. The largest absolute Gasteiger partial charge is 0.478 e. The molecule has 0 fully saturated rings. The van der Waals surface area contributed by atoms with Crippen LogP contribution in [0.3, 0.4) is 0 Å². The number of furan rings is 1. The zero-order valence-corrected chi connectivity index (χ0v) is 9.46. The third-order valence-electron chi connectivity index (χ3n) is 2.84. The molecule has 3 aromatic rings. The van der Waals surface area contributed by atoms with Gasteiger partial charge in [-0.1, -0.05) is 36.4 Å². The van der Waals surface area contributed by atoms with Crippen LogP contribution in [-0.2, 0) is 4.79 Å². The fraction of sp³-hybridized carbons (Fsp3) is 0. The molecule has 88 valence electrons. The highest BCUT2D eigenvalue weighted by Crippen LogP contribution is 2.31. The van der Waals surface area contributed by atoms with E-state index in [9.17, 15) is 4.79 Å². The van der Waals surface area contributed by atoms with Gasteiger partial charge in [-0.25, -0.2) is 4.79 Å². The van der Waals surface area contributed by atoms with Crippen LogP contribution in [0.25, 0.3) is 28.0 Å². The van der Waals surface area contributed by atoms with Crippen LogP contribution in [0.4, 0.5) is 0 Å². The maximum atomic E-state index is 10.6. The first-order valence-corrected chi connectivity index (χ1v) is 5.57. The van der Waals surface area contributed by atoms with Gasteiger partial charge in [0.1, 0.15) is 11.2 Å². The van der Waals surface area contributed by atoms with Crippen molar-refractivity contribution in [2.75, 3.05) is 0 Å². The van der Waals surface area contributed by atoms with Crippen LogP contribution in [-0.4, -0.2) is 11.1 Å². The number of hydrogen-bond acceptors (Lipinski definition) is 2. The highest BCUT2D eigenvalue weighted by Gasteiger charge is 2.08. The van der Waals surface area contributed by atoms with Crippen LogP contribution in [0.5, 0.6) is 0 Å². The van der Waals surface area contributed by atoms with Crippen LogP contribution >= 0.6 is 0 Å². The second-order valence-corrected chi connectivity index (χ2v) is 3.99. The molecule has 1 N–H and O–H groups in total. The molecule has 0 bridgehead atoms. The maximum absolute atomic E-state index is 10.6. The van der Waals surface area contributed by atoms with Gasteiger partial charge in [0.25, 0.3) is 0 Å². The molecule has 18 heavy (non-hydrogen) atoms. The number of carbonyl (C=O) groups is 1. The molecule has 0 atom stereocenters. The van der Waals surface area contributed by atoms with Crippen molar-refractivity contribution in [3.63, 3.8) is 0 Å². The summed E-state index contributed by atoms with van der Waals surface area (Å²) >= 11 is 0. The normalized spacial score (nSPS) is 11.6. The van der Waals surface area contributed by atoms with Crippen molar-refractivity contribution < 1.29 is 14.3 Å². The van der Waals surface area contributed by atoms with Crippen molar-refractivity contribution in [2.45, 2.75) is 0 Å². The molecule has 0 spiro atoms. The fourth-order valence-corrected chi connectivity index (χ4v) is 2.06. The Hall–Kier alpha value is -2.55. The van der Waals surface area contributed by atoms with Crippen LogP contribution in [0.15, 0.2) is 53.0 Å². The Balaban J connectivity index is 2.31. The van der Waals surface area contributed by atoms with E-state index in [2.05, 4.69) is 0 Å². The van der Waals surface area contributed by atoms with Crippen molar-refractivity contribution in [1.82, 2.24) is 0 Å². The summed E-state index contributed by atoms with van der Waals surface area (Å²) in [4.78, 5) is 10.6. The molecule has 1 heterocycles. The van der Waals surface area contributed by atoms with Crippen molar-refractivity contribution in [3.8, 4) is 0 Å². The minimum atomic E-state index is -0.969. The number of aliphatic carboxylic acids is 1. The van der Waals surface area contributed by atoms with E-state index >= 15 is 0 Å². The molecular formula is C15H10O3. The van der Waals surface area contributed by atoms with Gasteiger partial charge >= 0.3 is 5.97 Å². The van der Waals surface area contributed by atoms with Crippen LogP contribution in [0, 0.1) is 0 Å². The number of hydrogen-bond donors (Lipinski definition) is 1. The molecule has 3 heteroatoms. The molecular weight excluding hydrogens is 228 g/mol. The van der Waals surface area contributed by atoms with Gasteiger partial charge in [-0.3, -0.25) is 0 Å². The smallest absolute Gasteiger partial charge is 0.328 e. The molecule has 0 aliphatic rings. The Morgan fingerprint density at radius 1 is 1.06 bits per heavy atom. The second kappa shape index (κ2) is 4.04. The molecule has 0 saturated heterocycles. The SMILES string of the molecule is O=C(O)C=Cc1cccc2c1oc1ccccc12. The van der Waals surface area contributed by atoms with E-state index in [4.69, 9.17) is 9.52 Å².